The number of imidazole rings is 1. The van der Waals surface area contributed by atoms with E-state index in [4.69, 9.17) is 0 Å². The highest BCUT2D eigenvalue weighted by molar-refractivity contribution is 7.15. The standard InChI is InChI=1S/C17H17F2N3S/c1-10-9-23-17-21-15(13-7-6-11(18)8-14(13)19)16(22(10)17)20-12-4-2-3-5-12/h6-9,12,20H,2-5H2,1H3. The Balaban J connectivity index is 1.87. The van der Waals surface area contributed by atoms with Crippen LogP contribution >= 0.6 is 11.3 Å². The summed E-state index contributed by atoms with van der Waals surface area (Å²) in [4.78, 5) is 5.41. The summed E-state index contributed by atoms with van der Waals surface area (Å²) in [5.41, 5.74) is 1.96. The molecule has 0 atom stereocenters. The summed E-state index contributed by atoms with van der Waals surface area (Å²) in [5.74, 6) is -0.340. The van der Waals surface area contributed by atoms with E-state index in [2.05, 4.69) is 10.3 Å². The van der Waals surface area contributed by atoms with E-state index in [1.54, 1.807) is 0 Å². The molecule has 23 heavy (non-hydrogen) atoms. The third-order valence-corrected chi connectivity index (χ3v) is 5.36. The van der Waals surface area contributed by atoms with E-state index < -0.39 is 11.6 Å². The summed E-state index contributed by atoms with van der Waals surface area (Å²) in [5, 5.41) is 5.58. The molecular weight excluding hydrogens is 316 g/mol. The van der Waals surface area contributed by atoms with Crippen LogP contribution in [0.5, 0.6) is 0 Å². The summed E-state index contributed by atoms with van der Waals surface area (Å²) < 4.78 is 29.5. The van der Waals surface area contributed by atoms with Crippen molar-refractivity contribution in [2.45, 2.75) is 38.6 Å². The summed E-state index contributed by atoms with van der Waals surface area (Å²) in [6, 6.07) is 4.04. The molecule has 0 radical (unpaired) electrons. The van der Waals surface area contributed by atoms with Gasteiger partial charge in [0.25, 0.3) is 0 Å². The van der Waals surface area contributed by atoms with Crippen LogP contribution in [0.15, 0.2) is 23.6 Å². The van der Waals surface area contributed by atoms with Gasteiger partial charge in [-0.25, -0.2) is 13.8 Å². The number of halogens is 2. The van der Waals surface area contributed by atoms with Gasteiger partial charge in [-0.05, 0) is 31.9 Å². The molecule has 2 heterocycles. The van der Waals surface area contributed by atoms with Crippen molar-refractivity contribution >= 4 is 22.1 Å². The van der Waals surface area contributed by atoms with Crippen LogP contribution in [-0.4, -0.2) is 15.4 Å². The lowest BCUT2D eigenvalue weighted by Gasteiger charge is -2.15. The van der Waals surface area contributed by atoms with Crippen LogP contribution in [0.3, 0.4) is 0 Å². The molecule has 120 valence electrons. The molecular formula is C17H17F2N3S. The van der Waals surface area contributed by atoms with Gasteiger partial charge in [-0.2, -0.15) is 0 Å². The third kappa shape index (κ3) is 2.51. The summed E-state index contributed by atoms with van der Waals surface area (Å²) in [7, 11) is 0. The maximum Gasteiger partial charge on any atom is 0.196 e. The number of aromatic nitrogens is 2. The van der Waals surface area contributed by atoms with Crippen molar-refractivity contribution in [3.8, 4) is 11.3 Å². The monoisotopic (exact) mass is 333 g/mol. The number of nitrogens with zero attached hydrogens (tertiary/aromatic N) is 2. The van der Waals surface area contributed by atoms with Gasteiger partial charge in [0.15, 0.2) is 4.96 Å². The number of benzene rings is 1. The van der Waals surface area contributed by atoms with Crippen molar-refractivity contribution in [2.75, 3.05) is 5.32 Å². The zero-order valence-corrected chi connectivity index (χ0v) is 13.6. The van der Waals surface area contributed by atoms with Crippen LogP contribution in [0.2, 0.25) is 0 Å². The molecule has 0 spiro atoms. The Labute approximate surface area is 137 Å². The molecule has 1 aliphatic carbocycles. The molecule has 1 saturated carbocycles. The highest BCUT2D eigenvalue weighted by Crippen LogP contribution is 2.35. The number of hydrogen-bond donors (Lipinski definition) is 1. The molecule has 3 aromatic rings. The first-order valence-electron chi connectivity index (χ1n) is 7.82. The molecule has 4 rings (SSSR count). The van der Waals surface area contributed by atoms with E-state index in [1.165, 1.54) is 36.3 Å². The Morgan fingerprint density at radius 3 is 2.78 bits per heavy atom. The number of anilines is 1. The zero-order valence-electron chi connectivity index (χ0n) is 12.8. The summed E-state index contributed by atoms with van der Waals surface area (Å²) in [6.45, 7) is 2.01. The average Bonchev–Trinajstić information content (AvgIpc) is 3.20. The van der Waals surface area contributed by atoms with Gasteiger partial charge in [0.1, 0.15) is 23.1 Å². The minimum Gasteiger partial charge on any atom is -0.367 e. The lowest BCUT2D eigenvalue weighted by molar-refractivity contribution is 0.585. The molecule has 2 aromatic heterocycles. The molecule has 0 bridgehead atoms. The molecule has 0 saturated heterocycles. The van der Waals surface area contributed by atoms with Crippen LogP contribution in [0.4, 0.5) is 14.6 Å². The van der Waals surface area contributed by atoms with Crippen LogP contribution < -0.4 is 5.32 Å². The van der Waals surface area contributed by atoms with Gasteiger partial charge in [-0.1, -0.05) is 12.8 Å². The van der Waals surface area contributed by atoms with Gasteiger partial charge >= 0.3 is 0 Å². The van der Waals surface area contributed by atoms with Crippen LogP contribution in [0.1, 0.15) is 31.4 Å². The molecule has 1 aliphatic rings. The predicted octanol–water partition coefficient (Wildman–Crippen LogP) is 5.00. The predicted molar refractivity (Wildman–Crippen MR) is 89.0 cm³/mol. The minimum atomic E-state index is -0.581. The first-order valence-corrected chi connectivity index (χ1v) is 8.70. The van der Waals surface area contributed by atoms with E-state index >= 15 is 0 Å². The van der Waals surface area contributed by atoms with Crippen LogP contribution in [0.25, 0.3) is 16.2 Å². The van der Waals surface area contributed by atoms with E-state index in [0.29, 0.717) is 17.3 Å². The van der Waals surface area contributed by atoms with Gasteiger partial charge in [0.2, 0.25) is 0 Å². The quantitative estimate of drug-likeness (QED) is 0.730. The number of fused-ring (bicyclic) bond motifs is 1. The van der Waals surface area contributed by atoms with Crippen molar-refractivity contribution in [2.24, 2.45) is 0 Å². The first kappa shape index (κ1) is 14.6. The van der Waals surface area contributed by atoms with Gasteiger partial charge < -0.3 is 5.32 Å². The Morgan fingerprint density at radius 1 is 1.26 bits per heavy atom. The van der Waals surface area contributed by atoms with Crippen molar-refractivity contribution in [3.05, 3.63) is 40.9 Å². The molecule has 1 aromatic carbocycles. The topological polar surface area (TPSA) is 29.3 Å². The van der Waals surface area contributed by atoms with E-state index in [9.17, 15) is 8.78 Å². The van der Waals surface area contributed by atoms with E-state index in [-0.39, 0.29) is 0 Å². The van der Waals surface area contributed by atoms with Crippen molar-refractivity contribution in [3.63, 3.8) is 0 Å². The normalized spacial score (nSPS) is 15.6. The third-order valence-electron chi connectivity index (χ3n) is 4.42. The van der Waals surface area contributed by atoms with Gasteiger partial charge in [0.05, 0.1) is 0 Å². The summed E-state index contributed by atoms with van der Waals surface area (Å²) >= 11 is 1.53. The fourth-order valence-electron chi connectivity index (χ4n) is 3.26. The van der Waals surface area contributed by atoms with Crippen molar-refractivity contribution in [1.29, 1.82) is 0 Å². The lowest BCUT2D eigenvalue weighted by atomic mass is 10.1. The second kappa shape index (κ2) is 5.60. The van der Waals surface area contributed by atoms with Gasteiger partial charge in [-0.3, -0.25) is 4.40 Å². The Kier molecular flexibility index (Phi) is 3.56. The number of nitrogens with one attached hydrogen (secondary N) is 1. The highest BCUT2D eigenvalue weighted by atomic mass is 32.1. The van der Waals surface area contributed by atoms with Gasteiger partial charge in [-0.15, -0.1) is 11.3 Å². The first-order chi connectivity index (χ1) is 11.1. The Morgan fingerprint density at radius 2 is 2.04 bits per heavy atom. The lowest BCUT2D eigenvalue weighted by Crippen LogP contribution is -2.16. The molecule has 1 fully saturated rings. The second-order valence-electron chi connectivity index (χ2n) is 6.05. The fourth-order valence-corrected chi connectivity index (χ4v) is 4.13. The van der Waals surface area contributed by atoms with Crippen LogP contribution in [-0.2, 0) is 0 Å². The largest absolute Gasteiger partial charge is 0.367 e. The Bertz CT molecular complexity index is 862. The molecule has 0 amide bonds. The number of aryl methyl sites for hydroxylation is 1. The van der Waals surface area contributed by atoms with Crippen molar-refractivity contribution < 1.29 is 8.78 Å². The van der Waals surface area contributed by atoms with Crippen LogP contribution in [0, 0.1) is 18.6 Å². The number of thiazole rings is 1. The summed E-state index contributed by atoms with van der Waals surface area (Å²) in [6.07, 6.45) is 4.65. The maximum atomic E-state index is 14.3. The van der Waals surface area contributed by atoms with Crippen molar-refractivity contribution in [1.82, 2.24) is 9.38 Å². The SMILES string of the molecule is Cc1csc2nc(-c3ccc(F)cc3F)c(NC3CCCC3)n12. The zero-order chi connectivity index (χ0) is 16.0. The number of rotatable bonds is 3. The van der Waals surface area contributed by atoms with E-state index in [0.717, 1.165) is 35.4 Å². The smallest absolute Gasteiger partial charge is 0.196 e. The van der Waals surface area contributed by atoms with E-state index in [1.807, 2.05) is 16.7 Å². The second-order valence-corrected chi connectivity index (χ2v) is 6.89. The van der Waals surface area contributed by atoms with Gasteiger partial charge in [0, 0.05) is 28.7 Å². The Hall–Kier alpha value is -1.95. The molecule has 6 heteroatoms. The average molecular weight is 333 g/mol. The minimum absolute atomic E-state index is 0.335. The molecule has 1 N–H and O–H groups in total. The molecule has 0 aliphatic heterocycles. The number of hydrogen-bond acceptors (Lipinski definition) is 3. The molecule has 3 nitrogen and oxygen atoms in total. The molecule has 0 unspecified atom stereocenters. The fraction of sp³-hybridized carbons (Fsp3) is 0.353. The highest BCUT2D eigenvalue weighted by Gasteiger charge is 2.23. The maximum absolute atomic E-state index is 14.3.